The van der Waals surface area contributed by atoms with Crippen molar-refractivity contribution in [1.29, 1.82) is 0 Å². The third-order valence-corrected chi connectivity index (χ3v) is 3.29. The number of halogens is 1. The third kappa shape index (κ3) is 2.53. The summed E-state index contributed by atoms with van der Waals surface area (Å²) >= 11 is 2.13. The van der Waals surface area contributed by atoms with Crippen molar-refractivity contribution in [2.45, 2.75) is 13.8 Å². The van der Waals surface area contributed by atoms with Crippen LogP contribution in [0, 0.1) is 17.5 Å². The average molecular weight is 366 g/mol. The molecule has 2 heterocycles. The molecule has 0 atom stereocenters. The second-order valence-electron chi connectivity index (χ2n) is 4.24. The number of imidazole rings is 1. The second-order valence-corrected chi connectivity index (χ2v) is 5.34. The van der Waals surface area contributed by atoms with Gasteiger partial charge < -0.3 is 9.72 Å². The Morgan fingerprint density at radius 2 is 2.00 bits per heavy atom. The predicted molar refractivity (Wildman–Crippen MR) is 80.4 cm³/mol. The number of aromatic amines is 1. The lowest BCUT2D eigenvalue weighted by Crippen LogP contribution is -1.91. The number of aryl methyl sites for hydroxylation is 2. The highest BCUT2D eigenvalue weighted by Crippen LogP contribution is 2.26. The number of ether oxygens (including phenoxy) is 1. The summed E-state index contributed by atoms with van der Waals surface area (Å²) in [6, 6.07) is 5.67. The molecule has 5 nitrogen and oxygen atoms in total. The Labute approximate surface area is 123 Å². The maximum absolute atomic E-state index is 5.75. The van der Waals surface area contributed by atoms with Crippen LogP contribution in [0.5, 0.6) is 11.6 Å². The Bertz CT molecular complexity index is 753. The van der Waals surface area contributed by atoms with Gasteiger partial charge in [0.05, 0.1) is 11.0 Å². The normalized spacial score (nSPS) is 10.9. The number of fused-ring (bicyclic) bond motifs is 1. The zero-order valence-electron chi connectivity index (χ0n) is 10.4. The molecule has 0 unspecified atom stereocenters. The number of rotatable bonds is 2. The summed E-state index contributed by atoms with van der Waals surface area (Å²) in [4.78, 5) is 15.8. The lowest BCUT2D eigenvalue weighted by molar-refractivity contribution is 0.461. The molecule has 19 heavy (non-hydrogen) atoms. The molecule has 96 valence electrons. The quantitative estimate of drug-likeness (QED) is 0.558. The highest BCUT2D eigenvalue weighted by molar-refractivity contribution is 14.1. The topological polar surface area (TPSA) is 63.7 Å². The van der Waals surface area contributed by atoms with Crippen LogP contribution in [-0.4, -0.2) is 19.9 Å². The van der Waals surface area contributed by atoms with Gasteiger partial charge in [0.15, 0.2) is 0 Å². The number of H-pyrrole nitrogens is 1. The second kappa shape index (κ2) is 4.76. The first-order chi connectivity index (χ1) is 9.11. The first-order valence-electron chi connectivity index (χ1n) is 5.74. The summed E-state index contributed by atoms with van der Waals surface area (Å²) in [7, 11) is 0. The van der Waals surface area contributed by atoms with Crippen LogP contribution in [0.4, 0.5) is 0 Å². The van der Waals surface area contributed by atoms with E-state index in [1.54, 1.807) is 6.07 Å². The largest absolute Gasteiger partial charge is 0.439 e. The molecular formula is C13H11IN4O. The van der Waals surface area contributed by atoms with Crippen molar-refractivity contribution < 1.29 is 4.74 Å². The Kier molecular flexibility index (Phi) is 3.09. The van der Waals surface area contributed by atoms with Gasteiger partial charge >= 0.3 is 0 Å². The fourth-order valence-electron chi connectivity index (χ4n) is 1.93. The fourth-order valence-corrected chi connectivity index (χ4v) is 2.32. The van der Waals surface area contributed by atoms with Crippen molar-refractivity contribution in [3.05, 3.63) is 39.6 Å². The van der Waals surface area contributed by atoms with E-state index < -0.39 is 0 Å². The molecule has 0 aliphatic rings. The van der Waals surface area contributed by atoms with E-state index in [-0.39, 0.29) is 0 Å². The van der Waals surface area contributed by atoms with Gasteiger partial charge in [-0.2, -0.15) is 0 Å². The zero-order valence-corrected chi connectivity index (χ0v) is 12.6. The molecule has 0 aliphatic carbocycles. The molecule has 0 radical (unpaired) electrons. The van der Waals surface area contributed by atoms with Crippen LogP contribution in [0.2, 0.25) is 0 Å². The van der Waals surface area contributed by atoms with E-state index in [1.165, 1.54) is 6.33 Å². The van der Waals surface area contributed by atoms with Gasteiger partial charge in [-0.1, -0.05) is 0 Å². The molecule has 0 saturated heterocycles. The highest BCUT2D eigenvalue weighted by Gasteiger charge is 2.07. The number of hydrogen-bond donors (Lipinski definition) is 1. The van der Waals surface area contributed by atoms with Crippen molar-refractivity contribution in [1.82, 2.24) is 19.9 Å². The number of benzene rings is 1. The summed E-state index contributed by atoms with van der Waals surface area (Å²) < 4.78 is 6.60. The smallest absolute Gasteiger partial charge is 0.223 e. The van der Waals surface area contributed by atoms with Gasteiger partial charge in [-0.25, -0.2) is 15.0 Å². The third-order valence-electron chi connectivity index (χ3n) is 2.70. The molecule has 0 saturated carbocycles. The molecule has 0 fully saturated rings. The minimum Gasteiger partial charge on any atom is -0.439 e. The van der Waals surface area contributed by atoms with Crippen molar-refractivity contribution in [3.8, 4) is 11.6 Å². The maximum Gasteiger partial charge on any atom is 0.223 e. The van der Waals surface area contributed by atoms with E-state index in [4.69, 9.17) is 4.74 Å². The molecular weight excluding hydrogens is 355 g/mol. The van der Waals surface area contributed by atoms with Crippen molar-refractivity contribution in [2.24, 2.45) is 0 Å². The van der Waals surface area contributed by atoms with Gasteiger partial charge in [-0.05, 0) is 48.1 Å². The van der Waals surface area contributed by atoms with Crippen LogP contribution < -0.4 is 4.74 Å². The molecule has 1 aromatic carbocycles. The molecule has 0 bridgehead atoms. The Hall–Kier alpha value is -1.70. The van der Waals surface area contributed by atoms with E-state index >= 15 is 0 Å². The standard InChI is InChI=1S/C13H11IN4O/c1-7-3-9(4-10-13(7)18-8(2)17-10)19-12-5-11(14)15-6-16-12/h3-6H,1-2H3,(H,17,18). The first kappa shape index (κ1) is 12.3. The maximum atomic E-state index is 5.75. The van der Waals surface area contributed by atoms with Crippen molar-refractivity contribution in [3.63, 3.8) is 0 Å². The molecule has 3 aromatic rings. The summed E-state index contributed by atoms with van der Waals surface area (Å²) in [5.74, 6) is 2.17. The molecule has 3 rings (SSSR count). The average Bonchev–Trinajstić information content (AvgIpc) is 2.70. The number of hydrogen-bond acceptors (Lipinski definition) is 4. The molecule has 2 aromatic heterocycles. The SMILES string of the molecule is Cc1nc2c(C)cc(Oc3cc(I)ncn3)cc2[nH]1. The van der Waals surface area contributed by atoms with Crippen LogP contribution in [0.1, 0.15) is 11.4 Å². The summed E-state index contributed by atoms with van der Waals surface area (Å²) in [6.07, 6.45) is 1.49. The predicted octanol–water partition coefficient (Wildman–Crippen LogP) is 3.37. The van der Waals surface area contributed by atoms with Gasteiger partial charge in [0.25, 0.3) is 0 Å². The minimum absolute atomic E-state index is 0.536. The van der Waals surface area contributed by atoms with Crippen LogP contribution >= 0.6 is 22.6 Å². The molecule has 6 heteroatoms. The lowest BCUT2D eigenvalue weighted by Gasteiger charge is -2.05. The van der Waals surface area contributed by atoms with Gasteiger partial charge in [-0.3, -0.25) is 0 Å². The van der Waals surface area contributed by atoms with E-state index in [1.807, 2.05) is 26.0 Å². The van der Waals surface area contributed by atoms with E-state index in [9.17, 15) is 0 Å². The summed E-state index contributed by atoms with van der Waals surface area (Å²) in [6.45, 7) is 3.95. The number of nitrogens with zero attached hydrogens (tertiary/aromatic N) is 3. The van der Waals surface area contributed by atoms with Crippen LogP contribution in [0.15, 0.2) is 24.5 Å². The van der Waals surface area contributed by atoms with Gasteiger partial charge in [0.2, 0.25) is 5.88 Å². The Morgan fingerprint density at radius 1 is 1.16 bits per heavy atom. The summed E-state index contributed by atoms with van der Waals surface area (Å²) in [5.41, 5.74) is 3.01. The van der Waals surface area contributed by atoms with Crippen LogP contribution in [-0.2, 0) is 0 Å². The van der Waals surface area contributed by atoms with Crippen LogP contribution in [0.3, 0.4) is 0 Å². The highest BCUT2D eigenvalue weighted by atomic mass is 127. The molecule has 0 amide bonds. The van der Waals surface area contributed by atoms with Crippen molar-refractivity contribution >= 4 is 33.6 Å². The van der Waals surface area contributed by atoms with Gasteiger partial charge in [-0.15, -0.1) is 0 Å². The number of aromatic nitrogens is 4. The Balaban J connectivity index is 2.01. The Morgan fingerprint density at radius 3 is 2.79 bits per heavy atom. The fraction of sp³-hybridized carbons (Fsp3) is 0.154. The molecule has 0 aliphatic heterocycles. The van der Waals surface area contributed by atoms with Gasteiger partial charge in [0, 0.05) is 12.1 Å². The number of nitrogens with one attached hydrogen (secondary N) is 1. The van der Waals surface area contributed by atoms with Crippen molar-refractivity contribution in [2.75, 3.05) is 0 Å². The lowest BCUT2D eigenvalue weighted by atomic mass is 10.2. The molecule has 0 spiro atoms. The molecule has 1 N–H and O–H groups in total. The van der Waals surface area contributed by atoms with E-state index in [0.29, 0.717) is 5.88 Å². The van der Waals surface area contributed by atoms with Gasteiger partial charge in [0.1, 0.15) is 21.6 Å². The monoisotopic (exact) mass is 366 g/mol. The van der Waals surface area contributed by atoms with E-state index in [0.717, 1.165) is 31.9 Å². The van der Waals surface area contributed by atoms with E-state index in [2.05, 4.69) is 42.5 Å². The summed E-state index contributed by atoms with van der Waals surface area (Å²) in [5, 5.41) is 0. The minimum atomic E-state index is 0.536. The first-order valence-corrected chi connectivity index (χ1v) is 6.82. The van der Waals surface area contributed by atoms with Crippen LogP contribution in [0.25, 0.3) is 11.0 Å². The zero-order chi connectivity index (χ0) is 13.4.